The monoisotopic (exact) mass is 456 g/mol. The predicted octanol–water partition coefficient (Wildman–Crippen LogP) is 5.01. The van der Waals surface area contributed by atoms with Crippen LogP contribution in [0.25, 0.3) is 6.08 Å². The second-order valence-corrected chi connectivity index (χ2v) is 8.93. The number of ether oxygens (including phenoxy) is 1. The van der Waals surface area contributed by atoms with E-state index in [-0.39, 0.29) is 20.7 Å². The summed E-state index contributed by atoms with van der Waals surface area (Å²) in [5.74, 6) is 0.105. The highest BCUT2D eigenvalue weighted by molar-refractivity contribution is 7.91. The molecule has 0 bridgehead atoms. The summed E-state index contributed by atoms with van der Waals surface area (Å²) in [6.07, 6.45) is 7.12. The van der Waals surface area contributed by atoms with Crippen LogP contribution in [0.4, 0.5) is 5.69 Å². The summed E-state index contributed by atoms with van der Waals surface area (Å²) in [5.41, 5.74) is 1.27. The largest absolute Gasteiger partial charge is 0.492 e. The second-order valence-electron chi connectivity index (χ2n) is 6.58. The van der Waals surface area contributed by atoms with Crippen LogP contribution in [-0.2, 0) is 14.6 Å². The van der Waals surface area contributed by atoms with E-state index in [2.05, 4.69) is 10.3 Å². The van der Waals surface area contributed by atoms with E-state index < -0.39 is 9.84 Å². The Hall–Kier alpha value is -3.16. The van der Waals surface area contributed by atoms with Gasteiger partial charge in [-0.25, -0.2) is 8.42 Å². The number of amides is 1. The molecule has 1 amide bonds. The standard InChI is InChI=1S/C23H21ClN2O4S/c1-2-14-30-22-11-10-20(15-21(22)24)31(28,29)19-8-6-18(7-9-19)26-23(27)12-5-17-4-3-13-25-16-17/h3-13,15-16H,2,14H2,1H3,(H,26,27). The molecule has 0 saturated carbocycles. The number of halogens is 1. The first-order chi connectivity index (χ1) is 14.9. The number of hydrogen-bond acceptors (Lipinski definition) is 5. The zero-order valence-electron chi connectivity index (χ0n) is 16.8. The maximum absolute atomic E-state index is 12.9. The number of carbonyl (C=O) groups is 1. The Labute approximate surface area is 186 Å². The number of nitrogens with zero attached hydrogens (tertiary/aromatic N) is 1. The minimum absolute atomic E-state index is 0.0672. The summed E-state index contributed by atoms with van der Waals surface area (Å²) in [6, 6.07) is 13.9. The molecule has 1 N–H and O–H groups in total. The number of nitrogens with one attached hydrogen (secondary N) is 1. The Bertz CT molecular complexity index is 1180. The van der Waals surface area contributed by atoms with Gasteiger partial charge in [-0.1, -0.05) is 24.6 Å². The van der Waals surface area contributed by atoms with Crippen molar-refractivity contribution >= 4 is 39.1 Å². The fourth-order valence-corrected chi connectivity index (χ4v) is 4.25. The van der Waals surface area contributed by atoms with E-state index >= 15 is 0 Å². The Morgan fingerprint density at radius 1 is 1.13 bits per heavy atom. The van der Waals surface area contributed by atoms with Gasteiger partial charge in [-0.15, -0.1) is 0 Å². The van der Waals surface area contributed by atoms with Gasteiger partial charge in [0.05, 0.1) is 21.4 Å². The number of aromatic nitrogens is 1. The quantitative estimate of drug-likeness (QED) is 0.481. The van der Waals surface area contributed by atoms with Gasteiger partial charge in [0.1, 0.15) is 5.75 Å². The first-order valence-electron chi connectivity index (χ1n) is 9.57. The maximum Gasteiger partial charge on any atom is 0.248 e. The Balaban J connectivity index is 1.70. The van der Waals surface area contributed by atoms with E-state index in [9.17, 15) is 13.2 Å². The lowest BCUT2D eigenvalue weighted by molar-refractivity contribution is -0.111. The molecule has 1 heterocycles. The molecule has 1 aromatic heterocycles. The maximum atomic E-state index is 12.9. The topological polar surface area (TPSA) is 85.4 Å². The predicted molar refractivity (Wildman–Crippen MR) is 121 cm³/mol. The van der Waals surface area contributed by atoms with Crippen LogP contribution in [0.15, 0.2) is 82.9 Å². The van der Waals surface area contributed by atoms with Crippen molar-refractivity contribution in [2.75, 3.05) is 11.9 Å². The summed E-state index contributed by atoms with van der Waals surface area (Å²) < 4.78 is 31.3. The molecule has 0 atom stereocenters. The summed E-state index contributed by atoms with van der Waals surface area (Å²) in [6.45, 7) is 2.46. The number of rotatable bonds is 8. The van der Waals surface area contributed by atoms with Gasteiger partial charge in [-0.2, -0.15) is 0 Å². The highest BCUT2D eigenvalue weighted by Gasteiger charge is 2.19. The number of carbonyl (C=O) groups excluding carboxylic acids is 1. The van der Waals surface area contributed by atoms with Crippen molar-refractivity contribution in [3.8, 4) is 5.75 Å². The molecule has 0 radical (unpaired) electrons. The molecule has 3 rings (SSSR count). The van der Waals surface area contributed by atoms with Gasteiger partial charge in [0.25, 0.3) is 0 Å². The van der Waals surface area contributed by atoms with E-state index in [1.807, 2.05) is 13.0 Å². The van der Waals surface area contributed by atoms with Gasteiger partial charge in [-0.3, -0.25) is 9.78 Å². The molecular formula is C23H21ClN2O4S. The molecule has 0 spiro atoms. The van der Waals surface area contributed by atoms with Gasteiger partial charge in [0.2, 0.25) is 15.7 Å². The van der Waals surface area contributed by atoms with Crippen molar-refractivity contribution in [2.45, 2.75) is 23.1 Å². The first-order valence-corrected chi connectivity index (χ1v) is 11.4. The summed E-state index contributed by atoms with van der Waals surface area (Å²) in [5, 5.41) is 2.92. The fraction of sp³-hybridized carbons (Fsp3) is 0.130. The highest BCUT2D eigenvalue weighted by atomic mass is 35.5. The van der Waals surface area contributed by atoms with Gasteiger partial charge in [0, 0.05) is 24.2 Å². The summed E-state index contributed by atoms with van der Waals surface area (Å²) in [4.78, 5) is 16.2. The molecule has 2 aromatic carbocycles. The van der Waals surface area contributed by atoms with Crippen molar-refractivity contribution < 1.29 is 17.9 Å². The molecule has 0 aliphatic rings. The molecule has 8 heteroatoms. The average molecular weight is 457 g/mol. The van der Waals surface area contributed by atoms with Crippen molar-refractivity contribution in [2.24, 2.45) is 0 Å². The lowest BCUT2D eigenvalue weighted by atomic mass is 10.2. The molecule has 160 valence electrons. The Morgan fingerprint density at radius 3 is 2.52 bits per heavy atom. The molecule has 0 unspecified atom stereocenters. The van der Waals surface area contributed by atoms with Gasteiger partial charge in [-0.05, 0) is 66.6 Å². The molecule has 31 heavy (non-hydrogen) atoms. The number of anilines is 1. The number of benzene rings is 2. The summed E-state index contributed by atoms with van der Waals surface area (Å²) in [7, 11) is -3.76. The third-order valence-corrected chi connectivity index (χ3v) is 6.28. The SMILES string of the molecule is CCCOc1ccc(S(=O)(=O)c2ccc(NC(=O)C=Cc3cccnc3)cc2)cc1Cl. The lowest BCUT2D eigenvalue weighted by Gasteiger charge is -2.10. The fourth-order valence-electron chi connectivity index (χ4n) is 2.66. The molecule has 0 saturated heterocycles. The number of sulfone groups is 1. The second kappa shape index (κ2) is 10.2. The van der Waals surface area contributed by atoms with Crippen LogP contribution in [0, 0.1) is 0 Å². The zero-order valence-corrected chi connectivity index (χ0v) is 18.4. The number of pyridine rings is 1. The molecule has 0 fully saturated rings. The summed E-state index contributed by atoms with van der Waals surface area (Å²) >= 11 is 6.17. The molecule has 3 aromatic rings. The van der Waals surface area contributed by atoms with Crippen LogP contribution in [0.5, 0.6) is 5.75 Å². The van der Waals surface area contributed by atoms with Gasteiger partial charge < -0.3 is 10.1 Å². The third kappa shape index (κ3) is 5.93. The minimum Gasteiger partial charge on any atom is -0.492 e. The van der Waals surface area contributed by atoms with Gasteiger partial charge >= 0.3 is 0 Å². The van der Waals surface area contributed by atoms with Crippen LogP contribution in [0.3, 0.4) is 0 Å². The lowest BCUT2D eigenvalue weighted by Crippen LogP contribution is -2.08. The van der Waals surface area contributed by atoms with Gasteiger partial charge in [0.15, 0.2) is 0 Å². The third-order valence-electron chi connectivity index (χ3n) is 4.22. The van der Waals surface area contributed by atoms with E-state index in [0.717, 1.165) is 12.0 Å². The Morgan fingerprint density at radius 2 is 1.87 bits per heavy atom. The smallest absolute Gasteiger partial charge is 0.248 e. The highest BCUT2D eigenvalue weighted by Crippen LogP contribution is 2.30. The normalized spacial score (nSPS) is 11.4. The molecular weight excluding hydrogens is 436 g/mol. The Kier molecular flexibility index (Phi) is 7.44. The van der Waals surface area contributed by atoms with Crippen LogP contribution in [-0.4, -0.2) is 25.9 Å². The minimum atomic E-state index is -3.76. The van der Waals surface area contributed by atoms with Crippen molar-refractivity contribution in [1.82, 2.24) is 4.98 Å². The van der Waals surface area contributed by atoms with E-state index in [1.54, 1.807) is 30.6 Å². The van der Waals surface area contributed by atoms with E-state index in [4.69, 9.17) is 16.3 Å². The average Bonchev–Trinajstić information content (AvgIpc) is 2.78. The molecule has 6 nitrogen and oxygen atoms in total. The van der Waals surface area contributed by atoms with Crippen LogP contribution in [0.1, 0.15) is 18.9 Å². The van der Waals surface area contributed by atoms with Crippen LogP contribution >= 0.6 is 11.6 Å². The molecule has 0 aliphatic heterocycles. The number of hydrogen-bond donors (Lipinski definition) is 1. The van der Waals surface area contributed by atoms with Crippen molar-refractivity contribution in [3.63, 3.8) is 0 Å². The first kappa shape index (κ1) is 22.5. The van der Waals surface area contributed by atoms with Crippen molar-refractivity contribution in [3.05, 3.63) is 83.7 Å². The van der Waals surface area contributed by atoms with E-state index in [0.29, 0.717) is 18.0 Å². The van der Waals surface area contributed by atoms with E-state index in [1.165, 1.54) is 42.5 Å². The van der Waals surface area contributed by atoms with Crippen molar-refractivity contribution in [1.29, 1.82) is 0 Å². The van der Waals surface area contributed by atoms with Crippen LogP contribution in [0.2, 0.25) is 5.02 Å². The van der Waals surface area contributed by atoms with Crippen LogP contribution < -0.4 is 10.1 Å². The zero-order chi connectivity index (χ0) is 22.3. The molecule has 0 aliphatic carbocycles.